The van der Waals surface area contributed by atoms with E-state index in [2.05, 4.69) is 0 Å². The minimum Gasteiger partial charge on any atom is -0.493 e. The van der Waals surface area contributed by atoms with Crippen molar-refractivity contribution in [3.8, 4) is 17.2 Å². The Morgan fingerprint density at radius 3 is 2.30 bits per heavy atom. The van der Waals surface area contributed by atoms with Gasteiger partial charge in [-0.25, -0.2) is 0 Å². The summed E-state index contributed by atoms with van der Waals surface area (Å²) in [6, 6.07) is 5.61. The van der Waals surface area contributed by atoms with Crippen LogP contribution in [-0.4, -0.2) is 50.8 Å². The molecule has 1 aromatic rings. The van der Waals surface area contributed by atoms with Crippen LogP contribution in [0.5, 0.6) is 17.2 Å². The van der Waals surface area contributed by atoms with E-state index in [1.165, 1.54) is 0 Å². The number of carbonyl (C=O) groups is 1. The number of halogens is 1. The molecule has 3 rings (SSSR count). The number of amides is 1. The Hall–Kier alpha value is -1.66. The number of ether oxygens (including phenoxy) is 3. The number of nitrogens with zero attached hydrogens (tertiary/aromatic N) is 1. The van der Waals surface area contributed by atoms with Crippen molar-refractivity contribution in [3.63, 3.8) is 0 Å². The third-order valence-electron chi connectivity index (χ3n) is 5.70. The number of benzene rings is 1. The maximum absolute atomic E-state index is 12.8. The topological polar surface area (TPSA) is 74.0 Å². The van der Waals surface area contributed by atoms with Gasteiger partial charge in [-0.3, -0.25) is 4.79 Å². The number of nitrogens with two attached hydrogens (primary N) is 1. The monoisotopic (exact) mass is 398 g/mol. The Morgan fingerprint density at radius 1 is 1.11 bits per heavy atom. The Bertz CT molecular complexity index is 598. The molecule has 1 aromatic carbocycles. The van der Waals surface area contributed by atoms with E-state index in [1.54, 1.807) is 14.2 Å². The lowest BCUT2D eigenvalue weighted by molar-refractivity contribution is -0.138. The highest BCUT2D eigenvalue weighted by Crippen LogP contribution is 2.39. The summed E-state index contributed by atoms with van der Waals surface area (Å²) >= 11 is 0. The zero-order valence-electron chi connectivity index (χ0n) is 16.2. The van der Waals surface area contributed by atoms with Crippen LogP contribution in [0.3, 0.4) is 0 Å². The van der Waals surface area contributed by atoms with Crippen LogP contribution in [0.2, 0.25) is 0 Å². The SMILES string of the molecule is COc1cccc(OC)c1OC1CCN(C(=O)[C@@H]2CCC[C@@H]2CN)CC1.Cl. The Labute approximate surface area is 167 Å². The van der Waals surface area contributed by atoms with Crippen LogP contribution in [0.4, 0.5) is 0 Å². The van der Waals surface area contributed by atoms with Gasteiger partial charge >= 0.3 is 0 Å². The van der Waals surface area contributed by atoms with E-state index >= 15 is 0 Å². The number of methoxy groups -OCH3 is 2. The van der Waals surface area contributed by atoms with Gasteiger partial charge in [0.15, 0.2) is 11.5 Å². The molecule has 0 bridgehead atoms. The van der Waals surface area contributed by atoms with Crippen molar-refractivity contribution >= 4 is 18.3 Å². The Morgan fingerprint density at radius 2 is 1.74 bits per heavy atom. The van der Waals surface area contributed by atoms with Gasteiger partial charge in [0.05, 0.1) is 14.2 Å². The van der Waals surface area contributed by atoms with E-state index in [9.17, 15) is 4.79 Å². The number of hydrogen-bond acceptors (Lipinski definition) is 5. The molecule has 0 aromatic heterocycles. The zero-order chi connectivity index (χ0) is 18.5. The molecule has 2 atom stereocenters. The largest absolute Gasteiger partial charge is 0.493 e. The first kappa shape index (κ1) is 21.6. The molecule has 1 amide bonds. The van der Waals surface area contributed by atoms with E-state index in [-0.39, 0.29) is 30.3 Å². The average molecular weight is 399 g/mol. The highest BCUT2D eigenvalue weighted by atomic mass is 35.5. The van der Waals surface area contributed by atoms with Crippen LogP contribution in [0, 0.1) is 11.8 Å². The number of hydrogen-bond donors (Lipinski definition) is 1. The van der Waals surface area contributed by atoms with E-state index in [1.807, 2.05) is 23.1 Å². The fourth-order valence-electron chi connectivity index (χ4n) is 4.17. The molecule has 0 radical (unpaired) electrons. The molecule has 6 nitrogen and oxygen atoms in total. The van der Waals surface area contributed by atoms with Crippen LogP contribution in [0.25, 0.3) is 0 Å². The van der Waals surface area contributed by atoms with Gasteiger partial charge in [-0.2, -0.15) is 0 Å². The summed E-state index contributed by atoms with van der Waals surface area (Å²) < 4.78 is 17.0. The number of para-hydroxylation sites is 1. The first-order valence-corrected chi connectivity index (χ1v) is 9.54. The number of rotatable bonds is 6. The van der Waals surface area contributed by atoms with Crippen molar-refractivity contribution in [2.75, 3.05) is 33.9 Å². The normalized spacial score (nSPS) is 22.9. The van der Waals surface area contributed by atoms with Gasteiger partial charge in [-0.05, 0) is 37.4 Å². The first-order valence-electron chi connectivity index (χ1n) is 9.54. The summed E-state index contributed by atoms with van der Waals surface area (Å²) in [6.45, 7) is 2.08. The summed E-state index contributed by atoms with van der Waals surface area (Å²) in [5, 5.41) is 0. The summed E-state index contributed by atoms with van der Waals surface area (Å²) in [5.41, 5.74) is 5.84. The molecule has 0 unspecified atom stereocenters. The predicted octanol–water partition coefficient (Wildman–Crippen LogP) is 2.87. The third kappa shape index (κ3) is 4.79. The maximum atomic E-state index is 12.8. The van der Waals surface area contributed by atoms with Crippen molar-refractivity contribution in [1.29, 1.82) is 0 Å². The average Bonchev–Trinajstić information content (AvgIpc) is 3.17. The molecule has 27 heavy (non-hydrogen) atoms. The minimum atomic E-state index is 0. The van der Waals surface area contributed by atoms with Gasteiger partial charge in [-0.1, -0.05) is 12.5 Å². The Kier molecular flexibility index (Phi) is 8.05. The quantitative estimate of drug-likeness (QED) is 0.797. The number of piperidine rings is 1. The lowest BCUT2D eigenvalue weighted by Crippen LogP contribution is -2.45. The van der Waals surface area contributed by atoms with Crippen LogP contribution >= 0.6 is 12.4 Å². The zero-order valence-corrected chi connectivity index (χ0v) is 17.0. The molecular formula is C20H31ClN2O4. The van der Waals surface area contributed by atoms with Crippen molar-refractivity contribution in [2.45, 2.75) is 38.2 Å². The molecule has 2 fully saturated rings. The van der Waals surface area contributed by atoms with Gasteiger partial charge in [-0.15, -0.1) is 12.4 Å². The molecule has 1 heterocycles. The van der Waals surface area contributed by atoms with Gasteiger partial charge < -0.3 is 24.8 Å². The Balaban J connectivity index is 0.00000261. The third-order valence-corrected chi connectivity index (χ3v) is 5.70. The molecule has 1 saturated heterocycles. The molecule has 1 aliphatic heterocycles. The second-order valence-electron chi connectivity index (χ2n) is 7.17. The smallest absolute Gasteiger partial charge is 0.226 e. The van der Waals surface area contributed by atoms with Gasteiger partial charge in [0.2, 0.25) is 11.7 Å². The molecule has 152 valence electrons. The second kappa shape index (κ2) is 10.0. The highest BCUT2D eigenvalue weighted by molar-refractivity contribution is 5.85. The second-order valence-corrected chi connectivity index (χ2v) is 7.17. The molecule has 0 spiro atoms. The first-order chi connectivity index (χ1) is 12.7. The summed E-state index contributed by atoms with van der Waals surface area (Å²) in [5.74, 6) is 2.73. The fraction of sp³-hybridized carbons (Fsp3) is 0.650. The lowest BCUT2D eigenvalue weighted by Gasteiger charge is -2.35. The molecule has 1 saturated carbocycles. The number of carbonyl (C=O) groups excluding carboxylic acids is 1. The summed E-state index contributed by atoms with van der Waals surface area (Å²) in [4.78, 5) is 14.8. The minimum absolute atomic E-state index is 0. The van der Waals surface area contributed by atoms with Gasteiger partial charge in [0.25, 0.3) is 0 Å². The van der Waals surface area contributed by atoms with E-state index in [0.717, 1.165) is 45.2 Å². The summed E-state index contributed by atoms with van der Waals surface area (Å²) in [7, 11) is 3.25. The lowest BCUT2D eigenvalue weighted by atomic mass is 9.93. The van der Waals surface area contributed by atoms with E-state index in [0.29, 0.717) is 29.7 Å². The van der Waals surface area contributed by atoms with Gasteiger partial charge in [0.1, 0.15) is 6.10 Å². The maximum Gasteiger partial charge on any atom is 0.226 e. The fourth-order valence-corrected chi connectivity index (χ4v) is 4.17. The van der Waals surface area contributed by atoms with Crippen molar-refractivity contribution in [1.82, 2.24) is 4.90 Å². The molecule has 1 aliphatic carbocycles. The van der Waals surface area contributed by atoms with E-state index in [4.69, 9.17) is 19.9 Å². The number of likely N-dealkylation sites (tertiary alicyclic amines) is 1. The van der Waals surface area contributed by atoms with Gasteiger partial charge in [0, 0.05) is 31.8 Å². The highest BCUT2D eigenvalue weighted by Gasteiger charge is 2.36. The molecule has 2 aliphatic rings. The predicted molar refractivity (Wildman–Crippen MR) is 107 cm³/mol. The molecule has 2 N–H and O–H groups in total. The van der Waals surface area contributed by atoms with Crippen LogP contribution in [0.15, 0.2) is 18.2 Å². The standard InChI is InChI=1S/C20H30N2O4.ClH/c1-24-17-7-4-8-18(25-2)19(17)26-15-9-11-22(12-10-15)20(23)16-6-3-5-14(16)13-21;/h4,7-8,14-16H,3,5-6,9-13,21H2,1-2H3;1H/t14-,16-;/m1./s1. The van der Waals surface area contributed by atoms with Crippen molar-refractivity contribution < 1.29 is 19.0 Å². The molecule has 7 heteroatoms. The molecular weight excluding hydrogens is 368 g/mol. The van der Waals surface area contributed by atoms with Crippen LogP contribution in [-0.2, 0) is 4.79 Å². The van der Waals surface area contributed by atoms with Crippen molar-refractivity contribution in [3.05, 3.63) is 18.2 Å². The van der Waals surface area contributed by atoms with E-state index < -0.39 is 0 Å². The van der Waals surface area contributed by atoms with Crippen molar-refractivity contribution in [2.24, 2.45) is 17.6 Å². The van der Waals surface area contributed by atoms with Crippen LogP contribution in [0.1, 0.15) is 32.1 Å². The summed E-state index contributed by atoms with van der Waals surface area (Å²) in [6.07, 6.45) is 4.86. The van der Waals surface area contributed by atoms with Crippen LogP contribution < -0.4 is 19.9 Å².